The van der Waals surface area contributed by atoms with E-state index in [1.165, 1.54) is 14.2 Å². The van der Waals surface area contributed by atoms with Crippen LogP contribution in [0.4, 0.5) is 5.69 Å². The van der Waals surface area contributed by atoms with E-state index in [2.05, 4.69) is 0 Å². The second-order valence-electron chi connectivity index (χ2n) is 5.46. The predicted molar refractivity (Wildman–Crippen MR) is 86.0 cm³/mol. The second-order valence-corrected chi connectivity index (χ2v) is 5.46. The second kappa shape index (κ2) is 7.54. The SMILES string of the molecule is COC(=O)C1=C(C(=O)OC)N(c2ccccc2OC2COC2)COC1. The molecule has 0 aromatic heterocycles. The molecule has 0 saturated carbocycles. The molecule has 0 aliphatic carbocycles. The minimum absolute atomic E-state index is 0.0346. The van der Waals surface area contributed by atoms with Crippen LogP contribution in [0.5, 0.6) is 5.75 Å². The first-order valence-electron chi connectivity index (χ1n) is 7.74. The van der Waals surface area contributed by atoms with Crippen molar-refractivity contribution in [3.05, 3.63) is 35.5 Å². The lowest BCUT2D eigenvalue weighted by molar-refractivity contribution is -0.140. The summed E-state index contributed by atoms with van der Waals surface area (Å²) in [7, 11) is 2.50. The Kier molecular flexibility index (Phi) is 5.20. The number of hydrogen-bond donors (Lipinski definition) is 0. The molecule has 2 aliphatic heterocycles. The number of nitrogens with zero attached hydrogens (tertiary/aromatic N) is 1. The third-order valence-corrected chi connectivity index (χ3v) is 3.89. The van der Waals surface area contributed by atoms with Crippen LogP contribution < -0.4 is 9.64 Å². The monoisotopic (exact) mass is 349 g/mol. The number of carbonyl (C=O) groups excluding carboxylic acids is 2. The van der Waals surface area contributed by atoms with Gasteiger partial charge in [-0.3, -0.25) is 0 Å². The Balaban J connectivity index is 2.02. The summed E-state index contributed by atoms with van der Waals surface area (Å²) in [5, 5.41) is 0. The van der Waals surface area contributed by atoms with Crippen LogP contribution in [-0.4, -0.2) is 58.8 Å². The number of para-hydroxylation sites is 2. The van der Waals surface area contributed by atoms with Gasteiger partial charge in [0, 0.05) is 0 Å². The Bertz CT molecular complexity index is 696. The van der Waals surface area contributed by atoms with Crippen molar-refractivity contribution in [3.63, 3.8) is 0 Å². The number of methoxy groups -OCH3 is 2. The summed E-state index contributed by atoms with van der Waals surface area (Å²) in [5.41, 5.74) is 0.778. The van der Waals surface area contributed by atoms with Gasteiger partial charge in [0.25, 0.3) is 0 Å². The molecular formula is C17H19NO7. The highest BCUT2D eigenvalue weighted by molar-refractivity contribution is 6.03. The number of carbonyl (C=O) groups is 2. The van der Waals surface area contributed by atoms with Gasteiger partial charge in [0.05, 0.1) is 45.3 Å². The molecule has 3 rings (SSSR count). The van der Waals surface area contributed by atoms with Crippen molar-refractivity contribution in [1.82, 2.24) is 0 Å². The van der Waals surface area contributed by atoms with Crippen LogP contribution in [0.2, 0.25) is 0 Å². The summed E-state index contributed by atoms with van der Waals surface area (Å²) in [5.74, 6) is -0.728. The molecule has 0 radical (unpaired) electrons. The molecule has 0 bridgehead atoms. The molecule has 1 fully saturated rings. The number of anilines is 1. The molecule has 134 valence electrons. The van der Waals surface area contributed by atoms with Crippen LogP contribution in [-0.2, 0) is 28.5 Å². The lowest BCUT2D eigenvalue weighted by atomic mass is 10.1. The van der Waals surface area contributed by atoms with Crippen LogP contribution in [0.15, 0.2) is 35.5 Å². The van der Waals surface area contributed by atoms with Crippen molar-refractivity contribution in [3.8, 4) is 5.75 Å². The Hall–Kier alpha value is -2.58. The first kappa shape index (κ1) is 17.2. The third-order valence-electron chi connectivity index (χ3n) is 3.89. The maximum Gasteiger partial charge on any atom is 0.355 e. The summed E-state index contributed by atoms with van der Waals surface area (Å²) in [6, 6.07) is 7.20. The quantitative estimate of drug-likeness (QED) is 0.724. The summed E-state index contributed by atoms with van der Waals surface area (Å²) < 4.78 is 26.1. The van der Waals surface area contributed by atoms with Gasteiger partial charge in [0.1, 0.15) is 24.3 Å². The minimum atomic E-state index is -0.648. The summed E-state index contributed by atoms with van der Waals surface area (Å²) in [6.07, 6.45) is -0.0440. The van der Waals surface area contributed by atoms with Gasteiger partial charge in [-0.15, -0.1) is 0 Å². The molecule has 8 heteroatoms. The van der Waals surface area contributed by atoms with Crippen molar-refractivity contribution < 1.29 is 33.3 Å². The van der Waals surface area contributed by atoms with Gasteiger partial charge in [0.15, 0.2) is 0 Å². The highest BCUT2D eigenvalue weighted by atomic mass is 16.6. The molecule has 2 aliphatic rings. The van der Waals surface area contributed by atoms with Crippen LogP contribution >= 0.6 is 0 Å². The fourth-order valence-corrected chi connectivity index (χ4v) is 2.58. The molecular weight excluding hydrogens is 330 g/mol. The lowest BCUT2D eigenvalue weighted by Gasteiger charge is -2.34. The van der Waals surface area contributed by atoms with Crippen molar-refractivity contribution in [2.45, 2.75) is 6.10 Å². The van der Waals surface area contributed by atoms with E-state index in [4.69, 9.17) is 23.7 Å². The average molecular weight is 349 g/mol. The Labute approximate surface area is 144 Å². The Morgan fingerprint density at radius 2 is 1.80 bits per heavy atom. The van der Waals surface area contributed by atoms with Crippen LogP contribution in [0.3, 0.4) is 0 Å². The smallest absolute Gasteiger partial charge is 0.355 e. The van der Waals surface area contributed by atoms with E-state index in [1.807, 2.05) is 6.07 Å². The molecule has 0 spiro atoms. The first-order valence-corrected chi connectivity index (χ1v) is 7.74. The van der Waals surface area contributed by atoms with Crippen molar-refractivity contribution in [2.75, 3.05) is 45.7 Å². The molecule has 0 amide bonds. The molecule has 25 heavy (non-hydrogen) atoms. The van der Waals surface area contributed by atoms with Crippen LogP contribution in [0.1, 0.15) is 0 Å². The number of rotatable bonds is 5. The van der Waals surface area contributed by atoms with Gasteiger partial charge in [-0.05, 0) is 12.1 Å². The molecule has 2 heterocycles. The van der Waals surface area contributed by atoms with Crippen LogP contribution in [0.25, 0.3) is 0 Å². The zero-order valence-electron chi connectivity index (χ0n) is 14.0. The number of esters is 2. The van der Waals surface area contributed by atoms with E-state index in [1.54, 1.807) is 23.1 Å². The van der Waals surface area contributed by atoms with E-state index in [0.29, 0.717) is 24.7 Å². The molecule has 8 nitrogen and oxygen atoms in total. The fraction of sp³-hybridized carbons (Fsp3) is 0.412. The molecule has 0 unspecified atom stereocenters. The zero-order chi connectivity index (χ0) is 17.8. The van der Waals surface area contributed by atoms with E-state index in [9.17, 15) is 9.59 Å². The molecule has 1 aromatic rings. The summed E-state index contributed by atoms with van der Waals surface area (Å²) in [6.45, 7) is 1.06. The predicted octanol–water partition coefficient (Wildman–Crippen LogP) is 0.858. The lowest BCUT2D eigenvalue weighted by Crippen LogP contribution is -2.41. The largest absolute Gasteiger partial charge is 0.483 e. The Morgan fingerprint density at radius 3 is 2.44 bits per heavy atom. The van der Waals surface area contributed by atoms with Gasteiger partial charge < -0.3 is 28.6 Å². The normalized spacial score (nSPS) is 17.8. The standard InChI is InChI=1S/C17H19NO7/c1-21-16(19)12-9-24-10-18(15(12)17(20)22-2)13-5-3-4-6-14(13)25-11-7-23-8-11/h3-6,11H,7-10H2,1-2H3. The zero-order valence-corrected chi connectivity index (χ0v) is 14.0. The van der Waals surface area contributed by atoms with E-state index < -0.39 is 11.9 Å². The molecule has 1 aromatic carbocycles. The number of benzene rings is 1. The molecule has 0 atom stereocenters. The van der Waals surface area contributed by atoms with E-state index in [0.717, 1.165) is 0 Å². The van der Waals surface area contributed by atoms with Gasteiger partial charge >= 0.3 is 11.9 Å². The maximum atomic E-state index is 12.3. The topological polar surface area (TPSA) is 83.5 Å². The number of ether oxygens (including phenoxy) is 5. The van der Waals surface area contributed by atoms with E-state index in [-0.39, 0.29) is 30.7 Å². The first-order chi connectivity index (χ1) is 12.2. The Morgan fingerprint density at radius 1 is 1.08 bits per heavy atom. The van der Waals surface area contributed by atoms with Crippen LogP contribution in [0, 0.1) is 0 Å². The van der Waals surface area contributed by atoms with Gasteiger partial charge in [-0.2, -0.15) is 0 Å². The fourth-order valence-electron chi connectivity index (χ4n) is 2.58. The summed E-state index contributed by atoms with van der Waals surface area (Å²) in [4.78, 5) is 25.9. The van der Waals surface area contributed by atoms with E-state index >= 15 is 0 Å². The number of hydrogen-bond acceptors (Lipinski definition) is 8. The van der Waals surface area contributed by atoms with Crippen molar-refractivity contribution in [1.29, 1.82) is 0 Å². The highest BCUT2D eigenvalue weighted by Gasteiger charge is 2.34. The van der Waals surface area contributed by atoms with Gasteiger partial charge in [-0.1, -0.05) is 12.1 Å². The summed E-state index contributed by atoms with van der Waals surface area (Å²) >= 11 is 0. The van der Waals surface area contributed by atoms with Gasteiger partial charge in [-0.25, -0.2) is 9.59 Å². The molecule has 1 saturated heterocycles. The molecule has 0 N–H and O–H groups in total. The van der Waals surface area contributed by atoms with Crippen molar-refractivity contribution in [2.24, 2.45) is 0 Å². The van der Waals surface area contributed by atoms with Crippen molar-refractivity contribution >= 4 is 17.6 Å². The maximum absolute atomic E-state index is 12.3. The highest BCUT2D eigenvalue weighted by Crippen LogP contribution is 2.35. The van der Waals surface area contributed by atoms with Gasteiger partial charge in [0.2, 0.25) is 0 Å². The third kappa shape index (κ3) is 3.45. The minimum Gasteiger partial charge on any atom is -0.483 e. The average Bonchev–Trinajstić information content (AvgIpc) is 2.63.